The molecule has 142 valence electrons. The van der Waals surface area contributed by atoms with Gasteiger partial charge in [0.15, 0.2) is 0 Å². The van der Waals surface area contributed by atoms with Gasteiger partial charge in [-0.1, -0.05) is 15.9 Å². The van der Waals surface area contributed by atoms with E-state index in [9.17, 15) is 14.7 Å². The SMILES string of the molecule is Cn1c(Cc2cc(O)ccc2Br)nnc1N1CCC2(CC1)NC(=O)NC2=O. The average Bonchev–Trinajstić information content (AvgIpc) is 3.12. The lowest BCUT2D eigenvalue weighted by Crippen LogP contribution is -2.55. The summed E-state index contributed by atoms with van der Waals surface area (Å²) in [5, 5.41) is 23.4. The van der Waals surface area contributed by atoms with Crippen molar-refractivity contribution in [2.75, 3.05) is 18.0 Å². The van der Waals surface area contributed by atoms with Crippen molar-refractivity contribution < 1.29 is 14.7 Å². The van der Waals surface area contributed by atoms with Crippen LogP contribution >= 0.6 is 15.9 Å². The second kappa shape index (κ2) is 6.52. The number of halogens is 1. The van der Waals surface area contributed by atoms with E-state index in [1.807, 2.05) is 11.6 Å². The second-order valence-corrected chi connectivity index (χ2v) is 7.76. The number of imide groups is 1. The quantitative estimate of drug-likeness (QED) is 0.622. The molecule has 27 heavy (non-hydrogen) atoms. The van der Waals surface area contributed by atoms with Crippen molar-refractivity contribution in [1.82, 2.24) is 25.4 Å². The molecule has 9 nitrogen and oxygen atoms in total. The van der Waals surface area contributed by atoms with Crippen LogP contribution in [0.25, 0.3) is 0 Å². The van der Waals surface area contributed by atoms with Gasteiger partial charge in [0.05, 0.1) is 0 Å². The molecule has 0 atom stereocenters. The molecule has 4 rings (SSSR count). The van der Waals surface area contributed by atoms with Crippen LogP contribution in [0.15, 0.2) is 22.7 Å². The minimum Gasteiger partial charge on any atom is -0.508 e. The Morgan fingerprint density at radius 1 is 1.26 bits per heavy atom. The van der Waals surface area contributed by atoms with E-state index in [0.29, 0.717) is 32.4 Å². The number of nitrogens with zero attached hydrogens (tertiary/aromatic N) is 4. The zero-order valence-electron chi connectivity index (χ0n) is 14.7. The Kier molecular flexibility index (Phi) is 4.29. The third-order valence-corrected chi connectivity index (χ3v) is 6.01. The number of benzene rings is 1. The summed E-state index contributed by atoms with van der Waals surface area (Å²) in [6.07, 6.45) is 1.56. The van der Waals surface area contributed by atoms with Crippen molar-refractivity contribution in [3.8, 4) is 5.75 Å². The first kappa shape index (κ1) is 17.8. The third kappa shape index (κ3) is 3.14. The van der Waals surface area contributed by atoms with Crippen LogP contribution in [0.1, 0.15) is 24.2 Å². The number of anilines is 1. The van der Waals surface area contributed by atoms with Crippen LogP contribution in [0.4, 0.5) is 10.7 Å². The Morgan fingerprint density at radius 2 is 2.00 bits per heavy atom. The van der Waals surface area contributed by atoms with Crippen LogP contribution in [0.5, 0.6) is 5.75 Å². The topological polar surface area (TPSA) is 112 Å². The highest BCUT2D eigenvalue weighted by molar-refractivity contribution is 9.10. The lowest BCUT2D eigenvalue weighted by atomic mass is 9.88. The molecule has 2 saturated heterocycles. The van der Waals surface area contributed by atoms with Crippen LogP contribution in [-0.2, 0) is 18.3 Å². The summed E-state index contributed by atoms with van der Waals surface area (Å²) in [4.78, 5) is 25.6. The van der Waals surface area contributed by atoms with Crippen molar-refractivity contribution in [3.63, 3.8) is 0 Å². The maximum absolute atomic E-state index is 12.1. The summed E-state index contributed by atoms with van der Waals surface area (Å²) in [6.45, 7) is 1.19. The highest BCUT2D eigenvalue weighted by atomic mass is 79.9. The van der Waals surface area contributed by atoms with Gasteiger partial charge >= 0.3 is 6.03 Å². The molecule has 2 fully saturated rings. The summed E-state index contributed by atoms with van der Waals surface area (Å²) in [7, 11) is 1.90. The van der Waals surface area contributed by atoms with Gasteiger partial charge in [-0.3, -0.25) is 10.1 Å². The number of amides is 3. The standard InChI is InChI=1S/C17H19BrN6O3/c1-23-13(9-10-8-11(25)2-3-12(10)18)21-22-16(23)24-6-4-17(5-7-24)14(26)19-15(27)20-17/h2-3,8,25H,4-7,9H2,1H3,(H2,19,20,26,27). The van der Waals surface area contributed by atoms with E-state index in [-0.39, 0.29) is 11.7 Å². The summed E-state index contributed by atoms with van der Waals surface area (Å²) >= 11 is 3.49. The maximum atomic E-state index is 12.1. The van der Waals surface area contributed by atoms with Gasteiger partial charge in [-0.25, -0.2) is 4.79 Å². The van der Waals surface area contributed by atoms with Crippen molar-refractivity contribution in [2.24, 2.45) is 7.05 Å². The van der Waals surface area contributed by atoms with Crippen molar-refractivity contribution in [1.29, 1.82) is 0 Å². The molecule has 1 spiro atoms. The minimum atomic E-state index is -0.804. The molecular formula is C17H19BrN6O3. The van der Waals surface area contributed by atoms with Gasteiger partial charge in [0, 0.05) is 31.0 Å². The molecule has 0 saturated carbocycles. The lowest BCUT2D eigenvalue weighted by Gasteiger charge is -2.37. The number of phenolic OH excluding ortho intramolecular Hbond substituents is 1. The van der Waals surface area contributed by atoms with Gasteiger partial charge < -0.3 is 19.9 Å². The number of nitrogens with one attached hydrogen (secondary N) is 2. The fourth-order valence-corrected chi connectivity index (χ4v) is 4.00. The third-order valence-electron chi connectivity index (χ3n) is 5.23. The van der Waals surface area contributed by atoms with Crippen LogP contribution in [0.3, 0.4) is 0 Å². The number of carbonyl (C=O) groups is 2. The van der Waals surface area contributed by atoms with Crippen LogP contribution in [0.2, 0.25) is 0 Å². The fourth-order valence-electron chi connectivity index (χ4n) is 3.62. The van der Waals surface area contributed by atoms with Crippen molar-refractivity contribution in [2.45, 2.75) is 24.8 Å². The molecule has 0 unspecified atom stereocenters. The predicted molar refractivity (Wildman–Crippen MR) is 100 cm³/mol. The fraction of sp³-hybridized carbons (Fsp3) is 0.412. The number of aromatic nitrogens is 3. The van der Waals surface area contributed by atoms with Crippen LogP contribution in [-0.4, -0.2) is 50.4 Å². The molecule has 3 amide bonds. The molecule has 0 radical (unpaired) electrons. The highest BCUT2D eigenvalue weighted by Gasteiger charge is 2.48. The van der Waals surface area contributed by atoms with Gasteiger partial charge in [0.1, 0.15) is 17.1 Å². The maximum Gasteiger partial charge on any atom is 0.322 e. The van der Waals surface area contributed by atoms with Gasteiger partial charge in [0.2, 0.25) is 5.95 Å². The smallest absolute Gasteiger partial charge is 0.322 e. The summed E-state index contributed by atoms with van der Waals surface area (Å²) in [5.41, 5.74) is 0.113. The number of aromatic hydroxyl groups is 1. The first-order valence-electron chi connectivity index (χ1n) is 8.62. The molecule has 0 aliphatic carbocycles. The van der Waals surface area contributed by atoms with Crippen LogP contribution < -0.4 is 15.5 Å². The number of urea groups is 1. The van der Waals surface area contributed by atoms with E-state index < -0.39 is 11.6 Å². The summed E-state index contributed by atoms with van der Waals surface area (Å²) in [5.74, 6) is 1.44. The molecule has 1 aromatic heterocycles. The average molecular weight is 435 g/mol. The minimum absolute atomic E-state index is 0.203. The number of carbonyl (C=O) groups excluding carboxylic acids is 2. The van der Waals surface area contributed by atoms with Crippen molar-refractivity contribution in [3.05, 3.63) is 34.1 Å². The van der Waals surface area contributed by atoms with Gasteiger partial charge in [-0.15, -0.1) is 10.2 Å². The molecule has 2 aliphatic heterocycles. The first-order valence-corrected chi connectivity index (χ1v) is 9.41. The zero-order valence-corrected chi connectivity index (χ0v) is 16.3. The molecule has 1 aromatic carbocycles. The van der Waals surface area contributed by atoms with E-state index >= 15 is 0 Å². The predicted octanol–water partition coefficient (Wildman–Crippen LogP) is 1.05. The molecule has 2 aromatic rings. The lowest BCUT2D eigenvalue weighted by molar-refractivity contribution is -0.124. The number of rotatable bonds is 3. The molecule has 0 bridgehead atoms. The zero-order chi connectivity index (χ0) is 19.2. The molecule has 3 heterocycles. The largest absolute Gasteiger partial charge is 0.508 e. The van der Waals surface area contributed by atoms with Gasteiger partial charge in [0.25, 0.3) is 5.91 Å². The molecule has 3 N–H and O–H groups in total. The second-order valence-electron chi connectivity index (χ2n) is 6.91. The molecular weight excluding hydrogens is 416 g/mol. The summed E-state index contributed by atoms with van der Waals surface area (Å²) < 4.78 is 2.81. The van der Waals surface area contributed by atoms with E-state index in [0.717, 1.165) is 21.8 Å². The Balaban J connectivity index is 1.49. The van der Waals surface area contributed by atoms with E-state index in [1.54, 1.807) is 18.2 Å². The van der Waals surface area contributed by atoms with Crippen molar-refractivity contribution >= 4 is 33.8 Å². The Morgan fingerprint density at radius 3 is 2.67 bits per heavy atom. The monoisotopic (exact) mass is 434 g/mol. The molecule has 2 aliphatic rings. The van der Waals surface area contributed by atoms with Gasteiger partial charge in [-0.05, 0) is 36.6 Å². The number of hydrogen-bond donors (Lipinski definition) is 3. The Hall–Kier alpha value is -2.62. The number of piperidine rings is 1. The Bertz CT molecular complexity index is 919. The summed E-state index contributed by atoms with van der Waals surface area (Å²) in [6, 6.07) is 4.69. The first-order chi connectivity index (χ1) is 12.9. The van der Waals surface area contributed by atoms with Crippen LogP contribution in [0, 0.1) is 0 Å². The van der Waals surface area contributed by atoms with E-state index in [4.69, 9.17) is 0 Å². The molecule has 10 heteroatoms. The number of hydrogen-bond acceptors (Lipinski definition) is 6. The number of phenols is 1. The van der Waals surface area contributed by atoms with E-state index in [2.05, 4.69) is 41.7 Å². The highest BCUT2D eigenvalue weighted by Crippen LogP contribution is 2.29. The normalized spacial score (nSPS) is 18.7. The Labute approximate surface area is 163 Å². The van der Waals surface area contributed by atoms with E-state index in [1.165, 1.54) is 0 Å². The van der Waals surface area contributed by atoms with Gasteiger partial charge in [-0.2, -0.15) is 0 Å².